The fourth-order valence-corrected chi connectivity index (χ4v) is 3.88. The highest BCUT2D eigenvalue weighted by atomic mass is 19.1. The third kappa shape index (κ3) is 3.35. The molecule has 0 N–H and O–H groups in total. The molecule has 2 aromatic carbocycles. The maximum atomic E-state index is 13.9. The van der Waals surface area contributed by atoms with Gasteiger partial charge in [-0.3, -0.25) is 0 Å². The minimum atomic E-state index is -0.300. The van der Waals surface area contributed by atoms with E-state index in [0.717, 1.165) is 36.0 Å². The second-order valence-corrected chi connectivity index (χ2v) is 7.08. The lowest BCUT2D eigenvalue weighted by Gasteiger charge is -2.24. The van der Waals surface area contributed by atoms with Crippen molar-refractivity contribution in [3.63, 3.8) is 0 Å². The van der Waals surface area contributed by atoms with Crippen LogP contribution in [0.2, 0.25) is 0 Å². The Balaban J connectivity index is 1.71. The zero-order valence-electron chi connectivity index (χ0n) is 15.7. The van der Waals surface area contributed by atoms with Gasteiger partial charge in [-0.2, -0.15) is 0 Å². The molecular formula is C22H23FN2O2. The van der Waals surface area contributed by atoms with E-state index < -0.39 is 0 Å². The standard InChI is InChI=1S/C22H23FN2O2/c1-3-27-22(26)16-6-4-15(5-7-16)13-25-20-9-8-17(23)12-18(20)19-14-24(2)11-10-21(19)25/h4-9,12H,3,10-11,13-14H2,1-2H3. The number of hydrogen-bond donors (Lipinski definition) is 0. The molecule has 0 radical (unpaired) electrons. The summed E-state index contributed by atoms with van der Waals surface area (Å²) in [6.45, 7) is 4.70. The molecule has 2 heterocycles. The van der Waals surface area contributed by atoms with E-state index in [1.807, 2.05) is 18.2 Å². The number of aromatic nitrogens is 1. The largest absolute Gasteiger partial charge is 0.462 e. The van der Waals surface area contributed by atoms with Crippen LogP contribution in [-0.4, -0.2) is 35.6 Å². The summed E-state index contributed by atoms with van der Waals surface area (Å²) in [4.78, 5) is 14.1. The fourth-order valence-electron chi connectivity index (χ4n) is 3.88. The maximum Gasteiger partial charge on any atom is 0.338 e. The SMILES string of the molecule is CCOC(=O)c1ccc(Cn2c3c(c4cc(F)ccc42)CN(C)CC3)cc1. The molecule has 140 valence electrons. The second kappa shape index (κ2) is 7.16. The van der Waals surface area contributed by atoms with E-state index in [9.17, 15) is 9.18 Å². The van der Waals surface area contributed by atoms with Crippen molar-refractivity contribution in [2.24, 2.45) is 0 Å². The Morgan fingerprint density at radius 3 is 2.70 bits per heavy atom. The van der Waals surface area contributed by atoms with Crippen molar-refractivity contribution in [1.29, 1.82) is 0 Å². The number of nitrogens with zero attached hydrogens (tertiary/aromatic N) is 2. The van der Waals surface area contributed by atoms with Crippen molar-refractivity contribution in [3.8, 4) is 0 Å². The lowest BCUT2D eigenvalue weighted by atomic mass is 10.0. The summed E-state index contributed by atoms with van der Waals surface area (Å²) >= 11 is 0. The average Bonchev–Trinajstić information content (AvgIpc) is 2.95. The quantitative estimate of drug-likeness (QED) is 0.655. The predicted molar refractivity (Wildman–Crippen MR) is 103 cm³/mol. The van der Waals surface area contributed by atoms with Crippen LogP contribution in [0, 0.1) is 5.82 Å². The monoisotopic (exact) mass is 366 g/mol. The summed E-state index contributed by atoms with van der Waals surface area (Å²) in [7, 11) is 2.10. The molecule has 27 heavy (non-hydrogen) atoms. The number of halogens is 1. The first kappa shape index (κ1) is 17.7. The zero-order chi connectivity index (χ0) is 19.0. The van der Waals surface area contributed by atoms with Crippen molar-refractivity contribution in [2.75, 3.05) is 20.2 Å². The van der Waals surface area contributed by atoms with E-state index in [0.29, 0.717) is 18.7 Å². The van der Waals surface area contributed by atoms with Gasteiger partial charge in [0, 0.05) is 42.7 Å². The maximum absolute atomic E-state index is 13.9. The smallest absolute Gasteiger partial charge is 0.338 e. The Morgan fingerprint density at radius 2 is 1.96 bits per heavy atom. The highest BCUT2D eigenvalue weighted by molar-refractivity contribution is 5.89. The summed E-state index contributed by atoms with van der Waals surface area (Å²) in [6, 6.07) is 12.6. The molecule has 1 aliphatic heterocycles. The highest BCUT2D eigenvalue weighted by Crippen LogP contribution is 2.31. The van der Waals surface area contributed by atoms with Crippen LogP contribution in [-0.2, 0) is 24.2 Å². The van der Waals surface area contributed by atoms with Crippen LogP contribution >= 0.6 is 0 Å². The topological polar surface area (TPSA) is 34.5 Å². The second-order valence-electron chi connectivity index (χ2n) is 7.08. The van der Waals surface area contributed by atoms with Crippen LogP contribution in [0.3, 0.4) is 0 Å². The third-order valence-electron chi connectivity index (χ3n) is 5.21. The van der Waals surface area contributed by atoms with Gasteiger partial charge in [0.25, 0.3) is 0 Å². The number of carbonyl (C=O) groups is 1. The molecule has 0 bridgehead atoms. The molecule has 0 aliphatic carbocycles. The molecule has 5 heteroatoms. The van der Waals surface area contributed by atoms with E-state index in [-0.39, 0.29) is 11.8 Å². The van der Waals surface area contributed by atoms with Gasteiger partial charge in [-0.1, -0.05) is 12.1 Å². The van der Waals surface area contributed by atoms with Crippen molar-refractivity contribution in [1.82, 2.24) is 9.47 Å². The molecule has 1 aromatic heterocycles. The number of carbonyl (C=O) groups excluding carboxylic acids is 1. The molecule has 1 aliphatic rings. The Labute approximate surface area is 158 Å². The molecule has 4 rings (SSSR count). The Kier molecular flexibility index (Phi) is 4.70. The first-order valence-electron chi connectivity index (χ1n) is 9.31. The van der Waals surface area contributed by atoms with Gasteiger partial charge in [0.15, 0.2) is 0 Å². The molecule has 0 fully saturated rings. The summed E-state index contributed by atoms with van der Waals surface area (Å²) < 4.78 is 21.2. The number of likely N-dealkylation sites (N-methyl/N-ethyl adjacent to an activating group) is 1. The zero-order valence-corrected chi connectivity index (χ0v) is 15.7. The lowest BCUT2D eigenvalue weighted by Crippen LogP contribution is -2.27. The molecule has 0 atom stereocenters. The minimum Gasteiger partial charge on any atom is -0.462 e. The molecule has 4 nitrogen and oxygen atoms in total. The van der Waals surface area contributed by atoms with Crippen LogP contribution in [0.4, 0.5) is 4.39 Å². The molecular weight excluding hydrogens is 343 g/mol. The van der Waals surface area contributed by atoms with Gasteiger partial charge < -0.3 is 14.2 Å². The normalized spacial score (nSPS) is 14.3. The van der Waals surface area contributed by atoms with Crippen molar-refractivity contribution in [2.45, 2.75) is 26.4 Å². The van der Waals surface area contributed by atoms with E-state index in [4.69, 9.17) is 4.74 Å². The fraction of sp³-hybridized carbons (Fsp3) is 0.318. The Hall–Kier alpha value is -2.66. The summed E-state index contributed by atoms with van der Waals surface area (Å²) in [6.07, 6.45) is 0.947. The summed E-state index contributed by atoms with van der Waals surface area (Å²) in [5.74, 6) is -0.499. The van der Waals surface area contributed by atoms with Crippen LogP contribution in [0.15, 0.2) is 42.5 Å². The lowest BCUT2D eigenvalue weighted by molar-refractivity contribution is 0.0526. The number of benzene rings is 2. The van der Waals surface area contributed by atoms with Crippen LogP contribution in [0.25, 0.3) is 10.9 Å². The van der Waals surface area contributed by atoms with Crippen LogP contribution < -0.4 is 0 Å². The number of fused-ring (bicyclic) bond motifs is 3. The molecule has 3 aromatic rings. The first-order valence-corrected chi connectivity index (χ1v) is 9.31. The van der Waals surface area contributed by atoms with Gasteiger partial charge in [-0.25, -0.2) is 9.18 Å². The Bertz CT molecular complexity index is 992. The molecule has 0 saturated heterocycles. The Morgan fingerprint density at radius 1 is 1.19 bits per heavy atom. The average molecular weight is 366 g/mol. The van der Waals surface area contributed by atoms with E-state index in [1.165, 1.54) is 17.3 Å². The number of rotatable bonds is 4. The van der Waals surface area contributed by atoms with Crippen molar-refractivity contribution in [3.05, 3.63) is 70.7 Å². The van der Waals surface area contributed by atoms with Crippen LogP contribution in [0.5, 0.6) is 0 Å². The molecule has 0 amide bonds. The van der Waals surface area contributed by atoms with Gasteiger partial charge in [-0.15, -0.1) is 0 Å². The minimum absolute atomic E-state index is 0.200. The number of esters is 1. The van der Waals surface area contributed by atoms with Crippen LogP contribution in [0.1, 0.15) is 34.1 Å². The van der Waals surface area contributed by atoms with E-state index in [2.05, 4.69) is 16.5 Å². The number of hydrogen-bond acceptors (Lipinski definition) is 3. The van der Waals surface area contributed by atoms with Gasteiger partial charge in [0.2, 0.25) is 0 Å². The van der Waals surface area contributed by atoms with Crippen molar-refractivity contribution < 1.29 is 13.9 Å². The van der Waals surface area contributed by atoms with E-state index in [1.54, 1.807) is 25.1 Å². The first-order chi connectivity index (χ1) is 13.1. The molecule has 0 spiro atoms. The highest BCUT2D eigenvalue weighted by Gasteiger charge is 2.22. The van der Waals surface area contributed by atoms with Gasteiger partial charge in [0.1, 0.15) is 5.82 Å². The molecule has 0 saturated carbocycles. The van der Waals surface area contributed by atoms with Gasteiger partial charge in [0.05, 0.1) is 12.2 Å². The predicted octanol–water partition coefficient (Wildman–Crippen LogP) is 3.99. The molecule has 0 unspecified atom stereocenters. The summed E-state index contributed by atoms with van der Waals surface area (Å²) in [5, 5.41) is 1.000. The van der Waals surface area contributed by atoms with E-state index >= 15 is 0 Å². The summed E-state index contributed by atoms with van der Waals surface area (Å²) in [5.41, 5.74) is 5.23. The third-order valence-corrected chi connectivity index (χ3v) is 5.21. The van der Waals surface area contributed by atoms with Crippen molar-refractivity contribution >= 4 is 16.9 Å². The van der Waals surface area contributed by atoms with Gasteiger partial charge in [-0.05, 0) is 55.4 Å². The number of ether oxygens (including phenoxy) is 1. The van der Waals surface area contributed by atoms with Gasteiger partial charge >= 0.3 is 5.97 Å².